The molecule has 1 aromatic carbocycles. The summed E-state index contributed by atoms with van der Waals surface area (Å²) in [4.78, 5) is 14.0. The maximum Gasteiger partial charge on any atom is 0.145 e. The highest BCUT2D eigenvalue weighted by atomic mass is 32.2. The highest BCUT2D eigenvalue weighted by Crippen LogP contribution is 2.33. The van der Waals surface area contributed by atoms with Crippen molar-refractivity contribution in [2.45, 2.75) is 38.6 Å². The molecule has 3 nitrogen and oxygen atoms in total. The van der Waals surface area contributed by atoms with Gasteiger partial charge in [0, 0.05) is 25.3 Å². The molecule has 0 unspecified atom stereocenters. The number of aromatic nitrogens is 2. The maximum absolute atomic E-state index is 4.82. The van der Waals surface area contributed by atoms with Gasteiger partial charge in [-0.3, -0.25) is 0 Å². The van der Waals surface area contributed by atoms with Crippen LogP contribution in [0.1, 0.15) is 33.6 Å². The number of anilines is 1. The molecular weight excluding hydrogens is 370 g/mol. The summed E-state index contributed by atoms with van der Waals surface area (Å²) < 4.78 is 0. The Morgan fingerprint density at radius 1 is 1.11 bits per heavy atom. The van der Waals surface area contributed by atoms with Crippen LogP contribution in [-0.4, -0.2) is 24.1 Å². The van der Waals surface area contributed by atoms with Crippen LogP contribution >= 0.6 is 23.1 Å². The van der Waals surface area contributed by atoms with E-state index in [0.717, 1.165) is 38.3 Å². The van der Waals surface area contributed by atoms with Gasteiger partial charge < -0.3 is 4.90 Å². The molecule has 0 fully saturated rings. The van der Waals surface area contributed by atoms with E-state index in [1.807, 2.05) is 0 Å². The Morgan fingerprint density at radius 3 is 2.52 bits per heavy atom. The number of rotatable bonds is 7. The van der Waals surface area contributed by atoms with E-state index in [4.69, 9.17) is 9.97 Å². The van der Waals surface area contributed by atoms with Crippen molar-refractivity contribution in [3.63, 3.8) is 0 Å². The van der Waals surface area contributed by atoms with E-state index < -0.39 is 0 Å². The molecule has 0 N–H and O–H groups in total. The zero-order chi connectivity index (χ0) is 19.4. The lowest BCUT2D eigenvalue weighted by atomic mass is 10.1. The minimum absolute atomic E-state index is 0.746. The van der Waals surface area contributed by atoms with Crippen LogP contribution in [0.5, 0.6) is 0 Å². The molecule has 0 saturated carbocycles. The third-order valence-corrected chi connectivity index (χ3v) is 6.24. The average molecular weight is 398 g/mol. The summed E-state index contributed by atoms with van der Waals surface area (Å²) in [5.41, 5.74) is 3.30. The number of thiazole rings is 1. The zero-order valence-electron chi connectivity index (χ0n) is 16.7. The van der Waals surface area contributed by atoms with Crippen molar-refractivity contribution in [1.82, 2.24) is 9.97 Å². The molecule has 0 aliphatic carbocycles. The van der Waals surface area contributed by atoms with Crippen LogP contribution in [0.2, 0.25) is 0 Å². The van der Waals surface area contributed by atoms with Gasteiger partial charge in [0.25, 0.3) is 0 Å². The van der Waals surface area contributed by atoms with Crippen molar-refractivity contribution in [2.75, 3.05) is 19.0 Å². The second kappa shape index (κ2) is 8.89. The first-order valence-corrected chi connectivity index (χ1v) is 11.0. The SMILES string of the molecule is C/C(=C\CCC(C)C)Sc1ccc2nc(-c3ccc(N(C)C)cc3)sc2n1. The van der Waals surface area contributed by atoms with Crippen molar-refractivity contribution >= 4 is 39.1 Å². The van der Waals surface area contributed by atoms with Gasteiger partial charge in [0.2, 0.25) is 0 Å². The van der Waals surface area contributed by atoms with Gasteiger partial charge in [-0.25, -0.2) is 9.97 Å². The van der Waals surface area contributed by atoms with Gasteiger partial charge >= 0.3 is 0 Å². The smallest absolute Gasteiger partial charge is 0.145 e. The van der Waals surface area contributed by atoms with Gasteiger partial charge in [0.1, 0.15) is 20.4 Å². The van der Waals surface area contributed by atoms with Crippen molar-refractivity contribution in [3.8, 4) is 10.6 Å². The summed E-state index contributed by atoms with van der Waals surface area (Å²) in [6.45, 7) is 6.70. The topological polar surface area (TPSA) is 29.0 Å². The molecule has 0 radical (unpaired) electrons. The molecule has 27 heavy (non-hydrogen) atoms. The van der Waals surface area contributed by atoms with Crippen LogP contribution in [0, 0.1) is 5.92 Å². The fraction of sp³-hybridized carbons (Fsp3) is 0.364. The number of pyridine rings is 1. The standard InChI is InChI=1S/C22H27N3S2/c1-15(2)7-6-8-16(3)26-20-14-13-19-22(24-20)27-21(23-19)17-9-11-18(12-10-17)25(4)5/h8-15H,6-7H2,1-5H3/b16-8+. The second-order valence-electron chi connectivity index (χ2n) is 7.32. The van der Waals surface area contributed by atoms with Gasteiger partial charge in [0.05, 0.1) is 0 Å². The first-order valence-electron chi connectivity index (χ1n) is 9.32. The van der Waals surface area contributed by atoms with Crippen LogP contribution < -0.4 is 4.90 Å². The van der Waals surface area contributed by atoms with Crippen LogP contribution in [-0.2, 0) is 0 Å². The fourth-order valence-electron chi connectivity index (χ4n) is 2.71. The van der Waals surface area contributed by atoms with Crippen molar-refractivity contribution in [2.24, 2.45) is 5.92 Å². The highest BCUT2D eigenvalue weighted by molar-refractivity contribution is 8.03. The third-order valence-electron chi connectivity index (χ3n) is 4.30. The minimum atomic E-state index is 0.746. The molecular formula is C22H27N3S2. The lowest BCUT2D eigenvalue weighted by molar-refractivity contribution is 0.594. The van der Waals surface area contributed by atoms with Gasteiger partial charge in [-0.1, -0.05) is 43.0 Å². The van der Waals surface area contributed by atoms with Gasteiger partial charge in [-0.05, 0) is 67.0 Å². The summed E-state index contributed by atoms with van der Waals surface area (Å²) in [5, 5.41) is 2.06. The Labute approximate surface area is 170 Å². The molecule has 2 aromatic heterocycles. The summed E-state index contributed by atoms with van der Waals surface area (Å²) >= 11 is 3.40. The number of hydrogen-bond donors (Lipinski definition) is 0. The summed E-state index contributed by atoms with van der Waals surface area (Å²) in [7, 11) is 4.10. The quantitative estimate of drug-likeness (QED) is 0.407. The highest BCUT2D eigenvalue weighted by Gasteiger charge is 2.09. The number of thioether (sulfide) groups is 1. The Balaban J connectivity index is 1.76. The largest absolute Gasteiger partial charge is 0.378 e. The van der Waals surface area contributed by atoms with E-state index in [9.17, 15) is 0 Å². The molecule has 3 rings (SSSR count). The molecule has 0 bridgehead atoms. The molecule has 142 valence electrons. The lowest BCUT2D eigenvalue weighted by Crippen LogP contribution is -2.07. The van der Waals surface area contributed by atoms with E-state index in [1.54, 1.807) is 23.1 Å². The van der Waals surface area contributed by atoms with E-state index >= 15 is 0 Å². The van der Waals surface area contributed by atoms with E-state index in [0.29, 0.717) is 0 Å². The zero-order valence-corrected chi connectivity index (χ0v) is 18.3. The number of hydrogen-bond acceptors (Lipinski definition) is 5. The van der Waals surface area contributed by atoms with Crippen molar-refractivity contribution in [1.29, 1.82) is 0 Å². The molecule has 0 spiro atoms. The predicted octanol–water partition coefficient (Wildman–Crippen LogP) is 6.86. The Morgan fingerprint density at radius 2 is 1.85 bits per heavy atom. The normalized spacial score (nSPS) is 12.1. The number of nitrogens with zero attached hydrogens (tertiary/aromatic N) is 3. The van der Waals surface area contributed by atoms with Gasteiger partial charge in [-0.15, -0.1) is 0 Å². The van der Waals surface area contributed by atoms with Crippen LogP contribution in [0.15, 0.2) is 52.4 Å². The predicted molar refractivity (Wildman–Crippen MR) is 121 cm³/mol. The lowest BCUT2D eigenvalue weighted by Gasteiger charge is -2.11. The van der Waals surface area contributed by atoms with Crippen LogP contribution in [0.4, 0.5) is 5.69 Å². The fourth-order valence-corrected chi connectivity index (χ4v) is 4.51. The monoisotopic (exact) mass is 397 g/mol. The third kappa shape index (κ3) is 5.33. The average Bonchev–Trinajstić information content (AvgIpc) is 3.04. The number of allylic oxidation sites excluding steroid dienone is 2. The van der Waals surface area contributed by atoms with Crippen molar-refractivity contribution in [3.05, 3.63) is 47.4 Å². The molecule has 5 heteroatoms. The summed E-state index contributed by atoms with van der Waals surface area (Å²) in [5.74, 6) is 0.746. The molecule has 0 aliphatic rings. The maximum atomic E-state index is 4.82. The number of fused-ring (bicyclic) bond motifs is 1. The summed E-state index contributed by atoms with van der Waals surface area (Å²) in [6, 6.07) is 12.7. The number of benzene rings is 1. The Hall–Kier alpha value is -1.85. The van der Waals surface area contributed by atoms with Crippen LogP contribution in [0.3, 0.4) is 0 Å². The van der Waals surface area contributed by atoms with Gasteiger partial charge in [0.15, 0.2) is 0 Å². The molecule has 0 aliphatic heterocycles. The minimum Gasteiger partial charge on any atom is -0.378 e. The van der Waals surface area contributed by atoms with Crippen LogP contribution in [0.25, 0.3) is 20.9 Å². The molecule has 0 atom stereocenters. The molecule has 0 saturated heterocycles. The van der Waals surface area contributed by atoms with E-state index in [2.05, 4.69) is 82.2 Å². The van der Waals surface area contributed by atoms with E-state index in [1.165, 1.54) is 17.0 Å². The molecule has 0 amide bonds. The molecule has 2 heterocycles. The van der Waals surface area contributed by atoms with Crippen molar-refractivity contribution < 1.29 is 0 Å². The second-order valence-corrected chi connectivity index (χ2v) is 9.57. The molecule has 3 aromatic rings. The van der Waals surface area contributed by atoms with E-state index in [-0.39, 0.29) is 0 Å². The Kier molecular flexibility index (Phi) is 6.55. The first kappa shape index (κ1) is 19.9. The summed E-state index contributed by atoms with van der Waals surface area (Å²) in [6.07, 6.45) is 4.68. The van der Waals surface area contributed by atoms with Gasteiger partial charge in [-0.2, -0.15) is 0 Å². The Bertz CT molecular complexity index is 924. The first-order chi connectivity index (χ1) is 12.9.